The van der Waals surface area contributed by atoms with Gasteiger partial charge in [0.2, 0.25) is 23.6 Å². The van der Waals surface area contributed by atoms with Crippen LogP contribution in [0.2, 0.25) is 0 Å². The molecule has 13 nitrogen and oxygen atoms in total. The summed E-state index contributed by atoms with van der Waals surface area (Å²) in [7, 11) is 3.06. The molecule has 1 N–H and O–H groups in total. The number of hydrogen-bond acceptors (Lipinski definition) is 8. The van der Waals surface area contributed by atoms with Crippen LogP contribution in [-0.4, -0.2) is 118 Å². The molecule has 3 atom stereocenters. The molecule has 13 heteroatoms. The van der Waals surface area contributed by atoms with Crippen LogP contribution in [-0.2, 0) is 40.1 Å². The van der Waals surface area contributed by atoms with Crippen molar-refractivity contribution in [3.63, 3.8) is 0 Å². The van der Waals surface area contributed by atoms with E-state index in [9.17, 15) is 28.8 Å². The SMILES string of the molecule is CC(C)[C@@H](C(=O)N(C)[C@@H](CC(=O)OC(C)(C)C)C(=O)N1CCCCC1)N(C)C(=O)C1(NC(=O)[C@@H]2CCCN2C(=O)OCc2ccccc2)CCCC1. The second-order valence-electron chi connectivity index (χ2n) is 15.9. The van der Waals surface area contributed by atoms with Crippen molar-refractivity contribution in [3.05, 3.63) is 35.9 Å². The molecule has 0 spiro atoms. The van der Waals surface area contributed by atoms with E-state index in [-0.39, 0.29) is 24.9 Å². The van der Waals surface area contributed by atoms with E-state index in [2.05, 4.69) is 5.32 Å². The maximum Gasteiger partial charge on any atom is 0.410 e. The molecule has 1 aliphatic carbocycles. The van der Waals surface area contributed by atoms with Crippen molar-refractivity contribution in [2.45, 2.75) is 135 Å². The Balaban J connectivity index is 1.51. The van der Waals surface area contributed by atoms with E-state index in [1.807, 2.05) is 44.2 Å². The second-order valence-corrected chi connectivity index (χ2v) is 15.9. The molecule has 0 unspecified atom stereocenters. The van der Waals surface area contributed by atoms with Crippen LogP contribution in [0, 0.1) is 5.92 Å². The van der Waals surface area contributed by atoms with E-state index in [0.717, 1.165) is 24.8 Å². The number of ether oxygens (including phenoxy) is 2. The van der Waals surface area contributed by atoms with Crippen LogP contribution in [0.1, 0.15) is 104 Å². The highest BCUT2D eigenvalue weighted by Crippen LogP contribution is 2.34. The summed E-state index contributed by atoms with van der Waals surface area (Å²) in [5, 5.41) is 3.04. The zero-order chi connectivity index (χ0) is 38.2. The lowest BCUT2D eigenvalue weighted by Gasteiger charge is -2.41. The van der Waals surface area contributed by atoms with Gasteiger partial charge in [-0.2, -0.15) is 0 Å². The Bertz CT molecular complexity index is 1430. The monoisotopic (exact) mass is 725 g/mol. The molecule has 0 aromatic heterocycles. The molecule has 0 bridgehead atoms. The van der Waals surface area contributed by atoms with Crippen molar-refractivity contribution >= 4 is 35.7 Å². The minimum absolute atomic E-state index is 0.0824. The molecule has 0 radical (unpaired) electrons. The van der Waals surface area contributed by atoms with Crippen LogP contribution >= 0.6 is 0 Å². The van der Waals surface area contributed by atoms with Crippen LogP contribution in [0.5, 0.6) is 0 Å². The minimum Gasteiger partial charge on any atom is -0.460 e. The molecule has 3 fully saturated rings. The van der Waals surface area contributed by atoms with Crippen molar-refractivity contribution < 1.29 is 38.2 Å². The van der Waals surface area contributed by atoms with Crippen LogP contribution in [0.15, 0.2) is 30.3 Å². The summed E-state index contributed by atoms with van der Waals surface area (Å²) in [6.07, 6.45) is 5.03. The Labute approximate surface area is 308 Å². The molecule has 2 heterocycles. The first-order valence-corrected chi connectivity index (χ1v) is 18.9. The van der Waals surface area contributed by atoms with Gasteiger partial charge in [-0.15, -0.1) is 0 Å². The Morgan fingerprint density at radius 3 is 2.12 bits per heavy atom. The summed E-state index contributed by atoms with van der Waals surface area (Å²) in [4.78, 5) is 88.7. The largest absolute Gasteiger partial charge is 0.460 e. The number of piperidine rings is 1. The average Bonchev–Trinajstić information content (AvgIpc) is 3.80. The average molecular weight is 726 g/mol. The fraction of sp³-hybridized carbons (Fsp3) is 0.692. The van der Waals surface area contributed by atoms with Gasteiger partial charge in [0.15, 0.2) is 0 Å². The Hall–Kier alpha value is -4.16. The van der Waals surface area contributed by atoms with Gasteiger partial charge in [-0.1, -0.05) is 57.0 Å². The number of carbonyl (C=O) groups excluding carboxylic acids is 6. The first-order chi connectivity index (χ1) is 24.5. The highest BCUT2D eigenvalue weighted by Gasteiger charge is 2.49. The number of nitrogens with one attached hydrogen (secondary N) is 1. The van der Waals surface area contributed by atoms with Crippen LogP contribution in [0.4, 0.5) is 4.79 Å². The maximum absolute atomic E-state index is 14.5. The topological polar surface area (TPSA) is 146 Å². The van der Waals surface area contributed by atoms with Crippen molar-refractivity contribution in [2.24, 2.45) is 5.92 Å². The fourth-order valence-corrected chi connectivity index (χ4v) is 7.73. The van der Waals surface area contributed by atoms with E-state index < -0.39 is 59.0 Å². The standard InChI is InChI=1S/C39H59N5O8/c1-27(2)32(35(48)41(6)30(25-31(45)52-38(3,4)5)34(47)43-22-14-9-15-23-43)42(7)36(49)39(20-12-13-21-39)40-33(46)29-19-16-24-44(29)37(50)51-26-28-17-10-8-11-18-28/h8,10-11,17-18,27,29-30,32H,9,12-16,19-26H2,1-7H3,(H,40,46)/t29-,30-,32-/m0/s1. The van der Waals surface area contributed by atoms with Gasteiger partial charge in [-0.05, 0) is 77.2 Å². The third kappa shape index (κ3) is 10.0. The number of carbonyl (C=O) groups is 6. The smallest absolute Gasteiger partial charge is 0.410 e. The zero-order valence-corrected chi connectivity index (χ0v) is 32.2. The Kier molecular flexibility index (Phi) is 13.7. The third-order valence-electron chi connectivity index (χ3n) is 10.4. The lowest BCUT2D eigenvalue weighted by atomic mass is 9.91. The fourth-order valence-electron chi connectivity index (χ4n) is 7.73. The number of amides is 5. The maximum atomic E-state index is 14.5. The Morgan fingerprint density at radius 1 is 0.885 bits per heavy atom. The summed E-state index contributed by atoms with van der Waals surface area (Å²) in [6, 6.07) is 6.42. The van der Waals surface area contributed by atoms with Crippen LogP contribution in [0.25, 0.3) is 0 Å². The molecule has 2 saturated heterocycles. The summed E-state index contributed by atoms with van der Waals surface area (Å²) in [5.74, 6) is -2.58. The highest BCUT2D eigenvalue weighted by atomic mass is 16.6. The molecule has 52 heavy (non-hydrogen) atoms. The van der Waals surface area contributed by atoms with Crippen LogP contribution in [0.3, 0.4) is 0 Å². The lowest BCUT2D eigenvalue weighted by molar-refractivity contribution is -0.162. The van der Waals surface area contributed by atoms with Crippen LogP contribution < -0.4 is 5.32 Å². The van der Waals surface area contributed by atoms with E-state index >= 15 is 0 Å². The number of hydrogen-bond donors (Lipinski definition) is 1. The number of rotatable bonds is 12. The van der Waals surface area contributed by atoms with E-state index in [0.29, 0.717) is 58.2 Å². The third-order valence-corrected chi connectivity index (χ3v) is 10.4. The normalized spacial score (nSPS) is 19.8. The van der Waals surface area contributed by atoms with Crippen molar-refractivity contribution in [2.75, 3.05) is 33.7 Å². The molecule has 4 rings (SSSR count). The second kappa shape index (κ2) is 17.6. The van der Waals surface area contributed by atoms with Gasteiger partial charge >= 0.3 is 12.1 Å². The van der Waals surface area contributed by atoms with Gasteiger partial charge in [0.1, 0.15) is 35.9 Å². The molecule has 3 aliphatic rings. The number of nitrogens with zero attached hydrogens (tertiary/aromatic N) is 4. The Morgan fingerprint density at radius 2 is 1.52 bits per heavy atom. The molecule has 1 aromatic carbocycles. The minimum atomic E-state index is -1.26. The number of benzene rings is 1. The summed E-state index contributed by atoms with van der Waals surface area (Å²) < 4.78 is 11.1. The first-order valence-electron chi connectivity index (χ1n) is 18.9. The van der Waals surface area contributed by atoms with Gasteiger partial charge in [0.05, 0.1) is 6.42 Å². The molecular weight excluding hydrogens is 666 g/mol. The van der Waals surface area contributed by atoms with Gasteiger partial charge in [-0.25, -0.2) is 4.79 Å². The van der Waals surface area contributed by atoms with Gasteiger partial charge in [-0.3, -0.25) is 28.9 Å². The van der Waals surface area contributed by atoms with Gasteiger partial charge in [0.25, 0.3) is 0 Å². The summed E-state index contributed by atoms with van der Waals surface area (Å²) in [6.45, 7) is 10.4. The molecule has 2 aliphatic heterocycles. The molecule has 288 valence electrons. The zero-order valence-electron chi connectivity index (χ0n) is 32.2. The molecular formula is C39H59N5O8. The van der Waals surface area contributed by atoms with E-state index in [1.165, 1.54) is 21.7 Å². The first kappa shape index (κ1) is 40.6. The summed E-state index contributed by atoms with van der Waals surface area (Å²) in [5.41, 5.74) is -1.20. The van der Waals surface area contributed by atoms with Crippen molar-refractivity contribution in [1.29, 1.82) is 0 Å². The van der Waals surface area contributed by atoms with E-state index in [4.69, 9.17) is 9.47 Å². The molecule has 5 amide bonds. The number of likely N-dealkylation sites (tertiary alicyclic amines) is 2. The van der Waals surface area contributed by atoms with Crippen molar-refractivity contribution in [3.8, 4) is 0 Å². The number of likely N-dealkylation sites (N-methyl/N-ethyl adjacent to an activating group) is 2. The van der Waals surface area contributed by atoms with E-state index in [1.54, 1.807) is 32.7 Å². The molecule has 1 saturated carbocycles. The van der Waals surface area contributed by atoms with Gasteiger partial charge in [0, 0.05) is 33.7 Å². The quantitative estimate of drug-likeness (QED) is 0.315. The predicted molar refractivity (Wildman–Crippen MR) is 195 cm³/mol. The van der Waals surface area contributed by atoms with Crippen molar-refractivity contribution in [1.82, 2.24) is 24.9 Å². The number of esters is 1. The highest BCUT2D eigenvalue weighted by molar-refractivity contribution is 5.98. The van der Waals surface area contributed by atoms with Gasteiger partial charge < -0.3 is 29.5 Å². The molecule has 1 aromatic rings. The lowest BCUT2D eigenvalue weighted by Crippen LogP contribution is -2.64. The summed E-state index contributed by atoms with van der Waals surface area (Å²) >= 11 is 0. The predicted octanol–water partition coefficient (Wildman–Crippen LogP) is 4.27.